The SMILES string of the molecule is C[Si](C)(Cl)CCCCCCCN. The van der Waals surface area contributed by atoms with Crippen LogP contribution in [0, 0.1) is 0 Å². The average Bonchev–Trinajstić information content (AvgIpc) is 1.94. The first-order valence-corrected chi connectivity index (χ1v) is 9.17. The van der Waals surface area contributed by atoms with Crippen LogP contribution in [0.15, 0.2) is 0 Å². The van der Waals surface area contributed by atoms with Crippen LogP contribution in [0.5, 0.6) is 0 Å². The van der Waals surface area contributed by atoms with Crippen LogP contribution in [-0.2, 0) is 0 Å². The molecular formula is C9H22ClNSi. The minimum atomic E-state index is -1.28. The van der Waals surface area contributed by atoms with Gasteiger partial charge >= 0.3 is 0 Å². The molecule has 0 aliphatic heterocycles. The van der Waals surface area contributed by atoms with Crippen molar-refractivity contribution >= 4 is 18.5 Å². The van der Waals surface area contributed by atoms with E-state index in [1.807, 2.05) is 0 Å². The normalized spacial score (nSPS) is 12.0. The Morgan fingerprint density at radius 2 is 1.50 bits per heavy atom. The van der Waals surface area contributed by atoms with Gasteiger partial charge in [-0.05, 0) is 19.0 Å². The van der Waals surface area contributed by atoms with E-state index in [0.717, 1.165) is 6.54 Å². The first kappa shape index (κ1) is 12.5. The monoisotopic (exact) mass is 207 g/mol. The summed E-state index contributed by atoms with van der Waals surface area (Å²) in [5.74, 6) is 0. The smallest absolute Gasteiger partial charge is 0.150 e. The lowest BCUT2D eigenvalue weighted by atomic mass is 10.2. The van der Waals surface area contributed by atoms with Crippen molar-refractivity contribution in [2.75, 3.05) is 6.54 Å². The molecule has 0 aliphatic carbocycles. The first-order chi connectivity index (χ1) is 5.56. The minimum Gasteiger partial charge on any atom is -0.330 e. The van der Waals surface area contributed by atoms with E-state index in [1.165, 1.54) is 38.1 Å². The number of hydrogen-bond donors (Lipinski definition) is 1. The van der Waals surface area contributed by atoms with Crippen molar-refractivity contribution in [3.63, 3.8) is 0 Å². The van der Waals surface area contributed by atoms with Crippen molar-refractivity contribution in [1.82, 2.24) is 0 Å². The standard InChI is InChI=1S/C9H22ClNSi/c1-12(2,10)9-7-5-3-4-6-8-11/h3-9,11H2,1-2H3. The molecule has 0 aromatic rings. The molecule has 0 saturated carbocycles. The topological polar surface area (TPSA) is 26.0 Å². The van der Waals surface area contributed by atoms with Gasteiger partial charge < -0.3 is 5.73 Å². The Labute approximate surface area is 82.4 Å². The quantitative estimate of drug-likeness (QED) is 0.387. The fourth-order valence-corrected chi connectivity index (χ4v) is 2.71. The van der Waals surface area contributed by atoms with E-state index in [-0.39, 0.29) is 0 Å². The van der Waals surface area contributed by atoms with Gasteiger partial charge in [0.1, 0.15) is 7.38 Å². The first-order valence-electron chi connectivity index (χ1n) is 4.95. The summed E-state index contributed by atoms with van der Waals surface area (Å²) in [6.45, 7) is 5.28. The molecule has 0 aromatic heterocycles. The highest BCUT2D eigenvalue weighted by Crippen LogP contribution is 2.18. The molecule has 0 spiro atoms. The van der Waals surface area contributed by atoms with Crippen molar-refractivity contribution in [2.45, 2.75) is 51.2 Å². The predicted molar refractivity (Wildman–Crippen MR) is 60.3 cm³/mol. The van der Waals surface area contributed by atoms with Crippen molar-refractivity contribution in [2.24, 2.45) is 5.73 Å². The number of rotatable bonds is 7. The van der Waals surface area contributed by atoms with Gasteiger partial charge in [0.2, 0.25) is 0 Å². The maximum Gasteiger partial charge on any atom is 0.150 e. The molecule has 0 aromatic carbocycles. The van der Waals surface area contributed by atoms with Gasteiger partial charge in [-0.3, -0.25) is 0 Å². The fourth-order valence-electron chi connectivity index (χ4n) is 1.22. The second-order valence-corrected chi connectivity index (χ2v) is 11.0. The third-order valence-electron chi connectivity index (χ3n) is 1.98. The molecule has 0 fully saturated rings. The highest BCUT2D eigenvalue weighted by Gasteiger charge is 2.15. The predicted octanol–water partition coefficient (Wildman–Crippen LogP) is 3.34. The van der Waals surface area contributed by atoms with Crippen molar-refractivity contribution in [3.8, 4) is 0 Å². The molecule has 0 atom stereocenters. The Kier molecular flexibility index (Phi) is 7.20. The molecule has 0 saturated heterocycles. The Morgan fingerprint density at radius 1 is 1.00 bits per heavy atom. The van der Waals surface area contributed by atoms with Gasteiger partial charge in [-0.2, -0.15) is 11.1 Å². The van der Waals surface area contributed by atoms with E-state index < -0.39 is 7.38 Å². The third kappa shape index (κ3) is 10.5. The lowest BCUT2D eigenvalue weighted by molar-refractivity contribution is 0.636. The molecular weight excluding hydrogens is 186 g/mol. The van der Waals surface area contributed by atoms with E-state index in [9.17, 15) is 0 Å². The molecule has 12 heavy (non-hydrogen) atoms. The van der Waals surface area contributed by atoms with Crippen LogP contribution < -0.4 is 5.73 Å². The number of nitrogens with two attached hydrogens (primary N) is 1. The van der Waals surface area contributed by atoms with E-state index in [1.54, 1.807) is 0 Å². The zero-order valence-corrected chi connectivity index (χ0v) is 10.2. The minimum absolute atomic E-state index is 0.843. The van der Waals surface area contributed by atoms with Gasteiger partial charge in [0.05, 0.1) is 0 Å². The van der Waals surface area contributed by atoms with Gasteiger partial charge in [0.15, 0.2) is 0 Å². The summed E-state index contributed by atoms with van der Waals surface area (Å²) in [5.41, 5.74) is 5.40. The Balaban J connectivity index is 3.01. The lowest BCUT2D eigenvalue weighted by Gasteiger charge is -2.11. The second kappa shape index (κ2) is 6.93. The highest BCUT2D eigenvalue weighted by atomic mass is 35.6. The molecule has 0 aliphatic rings. The van der Waals surface area contributed by atoms with E-state index in [0.29, 0.717) is 0 Å². The molecule has 3 heteroatoms. The lowest BCUT2D eigenvalue weighted by Crippen LogP contribution is -2.14. The van der Waals surface area contributed by atoms with Crippen LogP contribution in [0.1, 0.15) is 32.1 Å². The van der Waals surface area contributed by atoms with Crippen LogP contribution in [-0.4, -0.2) is 13.9 Å². The second-order valence-electron chi connectivity index (χ2n) is 4.03. The number of hydrogen-bond acceptors (Lipinski definition) is 1. The molecule has 2 N–H and O–H groups in total. The van der Waals surface area contributed by atoms with Crippen LogP contribution >= 0.6 is 11.1 Å². The van der Waals surface area contributed by atoms with E-state index in [2.05, 4.69) is 13.1 Å². The van der Waals surface area contributed by atoms with Crippen molar-refractivity contribution in [3.05, 3.63) is 0 Å². The zero-order valence-electron chi connectivity index (χ0n) is 8.41. The molecule has 0 bridgehead atoms. The Morgan fingerprint density at radius 3 is 2.00 bits per heavy atom. The summed E-state index contributed by atoms with van der Waals surface area (Å²) in [7, 11) is -1.28. The van der Waals surface area contributed by atoms with Gasteiger partial charge in [-0.1, -0.05) is 38.8 Å². The maximum atomic E-state index is 6.19. The number of halogens is 1. The van der Waals surface area contributed by atoms with Crippen LogP contribution in [0.2, 0.25) is 19.1 Å². The molecule has 0 rings (SSSR count). The molecule has 0 heterocycles. The van der Waals surface area contributed by atoms with Crippen molar-refractivity contribution in [1.29, 1.82) is 0 Å². The largest absolute Gasteiger partial charge is 0.330 e. The van der Waals surface area contributed by atoms with Gasteiger partial charge in [0.25, 0.3) is 0 Å². The molecule has 74 valence electrons. The number of unbranched alkanes of at least 4 members (excludes halogenated alkanes) is 4. The molecule has 1 nitrogen and oxygen atoms in total. The summed E-state index contributed by atoms with van der Waals surface area (Å²) in [6.07, 6.45) is 6.46. The summed E-state index contributed by atoms with van der Waals surface area (Å²) in [5, 5.41) is 0. The van der Waals surface area contributed by atoms with Gasteiger partial charge in [-0.15, -0.1) is 0 Å². The van der Waals surface area contributed by atoms with Crippen LogP contribution in [0.3, 0.4) is 0 Å². The maximum absolute atomic E-state index is 6.19. The third-order valence-corrected chi connectivity index (χ3v) is 4.08. The molecule has 0 amide bonds. The summed E-state index contributed by atoms with van der Waals surface area (Å²) >= 11 is 6.19. The molecule has 0 unspecified atom stereocenters. The van der Waals surface area contributed by atoms with Crippen LogP contribution in [0.4, 0.5) is 0 Å². The van der Waals surface area contributed by atoms with Crippen molar-refractivity contribution < 1.29 is 0 Å². The zero-order chi connectivity index (χ0) is 9.45. The average molecular weight is 208 g/mol. The summed E-state index contributed by atoms with van der Waals surface area (Å²) in [6, 6.07) is 1.26. The van der Waals surface area contributed by atoms with E-state index in [4.69, 9.17) is 16.8 Å². The van der Waals surface area contributed by atoms with Gasteiger partial charge in [-0.25, -0.2) is 0 Å². The summed E-state index contributed by atoms with van der Waals surface area (Å²) < 4.78 is 0. The fraction of sp³-hybridized carbons (Fsp3) is 1.00. The Hall–Kier alpha value is 0.467. The van der Waals surface area contributed by atoms with E-state index >= 15 is 0 Å². The highest BCUT2D eigenvalue weighted by molar-refractivity contribution is 7.19. The van der Waals surface area contributed by atoms with Gasteiger partial charge in [0, 0.05) is 0 Å². The molecule has 0 radical (unpaired) electrons. The summed E-state index contributed by atoms with van der Waals surface area (Å²) in [4.78, 5) is 0. The Bertz CT molecular complexity index is 101. The van der Waals surface area contributed by atoms with Crippen LogP contribution in [0.25, 0.3) is 0 Å².